The van der Waals surface area contributed by atoms with Crippen molar-refractivity contribution in [1.82, 2.24) is 5.32 Å². The molecule has 1 rings (SSSR count). The van der Waals surface area contributed by atoms with Crippen LogP contribution in [0.4, 0.5) is 0 Å². The van der Waals surface area contributed by atoms with Crippen LogP contribution in [0.1, 0.15) is 32.8 Å². The molecule has 0 atom stereocenters. The van der Waals surface area contributed by atoms with E-state index in [1.165, 1.54) is 6.92 Å². The summed E-state index contributed by atoms with van der Waals surface area (Å²) in [5.41, 5.74) is 1.11. The van der Waals surface area contributed by atoms with E-state index < -0.39 is 21.0 Å². The number of carbonyl (C=O) groups excluding carboxylic acids is 2. The van der Waals surface area contributed by atoms with Crippen LogP contribution in [0.15, 0.2) is 41.3 Å². The Morgan fingerprint density at radius 3 is 2.18 bits per heavy atom. The van der Waals surface area contributed by atoms with Crippen LogP contribution in [0.5, 0.6) is 0 Å². The molecule has 0 heterocycles. The molecule has 6 heteroatoms. The summed E-state index contributed by atoms with van der Waals surface area (Å²) in [7, 11) is -3.28. The third-order valence-electron chi connectivity index (χ3n) is 3.15. The minimum absolute atomic E-state index is 0.148. The molecule has 0 bridgehead atoms. The quantitative estimate of drug-likeness (QED) is 0.812. The van der Waals surface area contributed by atoms with E-state index in [1.54, 1.807) is 38.1 Å². The molecular formula is C16H21NO4S. The summed E-state index contributed by atoms with van der Waals surface area (Å²) >= 11 is 0. The lowest BCUT2D eigenvalue weighted by Crippen LogP contribution is -2.30. The largest absolute Gasteiger partial charge is 0.293 e. The van der Waals surface area contributed by atoms with Crippen molar-refractivity contribution in [3.8, 4) is 0 Å². The number of benzene rings is 1. The molecule has 0 radical (unpaired) electrons. The zero-order valence-electron chi connectivity index (χ0n) is 13.0. The molecule has 5 nitrogen and oxygen atoms in total. The third-order valence-corrected chi connectivity index (χ3v) is 5.32. The Balaban J connectivity index is 2.64. The summed E-state index contributed by atoms with van der Waals surface area (Å²) in [4.78, 5) is 23.1. The predicted octanol–water partition coefficient (Wildman–Crippen LogP) is 2.02. The van der Waals surface area contributed by atoms with Gasteiger partial charge >= 0.3 is 0 Å². The highest BCUT2D eigenvalue weighted by Gasteiger charge is 2.18. The van der Waals surface area contributed by atoms with Gasteiger partial charge in [-0.1, -0.05) is 18.7 Å². The van der Waals surface area contributed by atoms with E-state index >= 15 is 0 Å². The number of aryl methyl sites for hydroxylation is 1. The number of hydrogen-bond donors (Lipinski definition) is 1. The number of hydrogen-bond acceptors (Lipinski definition) is 4. The second-order valence-electron chi connectivity index (χ2n) is 5.40. The minimum atomic E-state index is -3.28. The van der Waals surface area contributed by atoms with Crippen LogP contribution in [-0.4, -0.2) is 25.5 Å². The maximum Gasteiger partial charge on any atom is 0.252 e. The van der Waals surface area contributed by atoms with Gasteiger partial charge in [-0.25, -0.2) is 8.42 Å². The molecule has 0 aromatic heterocycles. The molecule has 2 amide bonds. The monoisotopic (exact) mass is 323 g/mol. The Kier molecular flexibility index (Phi) is 6.05. The molecule has 0 spiro atoms. The van der Waals surface area contributed by atoms with Gasteiger partial charge in [-0.3, -0.25) is 14.9 Å². The first-order valence-electron chi connectivity index (χ1n) is 6.97. The fraction of sp³-hybridized carbons (Fsp3) is 0.375. The molecule has 0 aliphatic heterocycles. The second kappa shape index (κ2) is 7.35. The molecular weight excluding hydrogens is 302 g/mol. The lowest BCUT2D eigenvalue weighted by Gasteiger charge is -2.08. The van der Waals surface area contributed by atoms with Gasteiger partial charge in [0.2, 0.25) is 5.91 Å². The van der Waals surface area contributed by atoms with Crippen molar-refractivity contribution in [2.75, 3.05) is 0 Å². The Labute approximate surface area is 131 Å². The first-order valence-corrected chi connectivity index (χ1v) is 8.51. The Morgan fingerprint density at radius 2 is 1.73 bits per heavy atom. The minimum Gasteiger partial charge on any atom is -0.293 e. The van der Waals surface area contributed by atoms with E-state index in [0.29, 0.717) is 6.42 Å². The van der Waals surface area contributed by atoms with Crippen molar-refractivity contribution in [3.05, 3.63) is 42.0 Å². The van der Waals surface area contributed by atoms with Crippen molar-refractivity contribution < 1.29 is 18.0 Å². The molecule has 120 valence electrons. The third kappa shape index (κ3) is 4.80. The van der Waals surface area contributed by atoms with E-state index in [-0.39, 0.29) is 22.8 Å². The summed E-state index contributed by atoms with van der Waals surface area (Å²) < 4.78 is 24.0. The summed E-state index contributed by atoms with van der Waals surface area (Å²) in [6, 6.07) is 6.45. The first kappa shape index (κ1) is 18.1. The van der Waals surface area contributed by atoms with E-state index in [2.05, 4.69) is 11.9 Å². The van der Waals surface area contributed by atoms with Gasteiger partial charge < -0.3 is 0 Å². The Morgan fingerprint density at radius 1 is 1.18 bits per heavy atom. The number of nitrogens with one attached hydrogen (secondary N) is 1. The Hall–Kier alpha value is -1.95. The summed E-state index contributed by atoms with van der Waals surface area (Å²) in [6.07, 6.45) is 0.576. The molecule has 0 saturated carbocycles. The molecule has 1 N–H and O–H groups in total. The van der Waals surface area contributed by atoms with E-state index in [9.17, 15) is 18.0 Å². The maximum atomic E-state index is 12.0. The van der Waals surface area contributed by atoms with Crippen LogP contribution < -0.4 is 5.32 Å². The molecule has 0 saturated heterocycles. The average molecular weight is 323 g/mol. The van der Waals surface area contributed by atoms with Crippen molar-refractivity contribution in [2.24, 2.45) is 0 Å². The number of rotatable bonds is 6. The van der Waals surface area contributed by atoms with Gasteiger partial charge in [0.25, 0.3) is 5.91 Å². The highest BCUT2D eigenvalue weighted by Crippen LogP contribution is 2.17. The molecule has 0 fully saturated rings. The first-order chi connectivity index (χ1) is 10.1. The van der Waals surface area contributed by atoms with Gasteiger partial charge in [-0.15, -0.1) is 0 Å². The molecule has 0 aliphatic carbocycles. The van der Waals surface area contributed by atoms with Crippen LogP contribution >= 0.6 is 0 Å². The molecule has 1 aromatic rings. The molecule has 22 heavy (non-hydrogen) atoms. The van der Waals surface area contributed by atoms with Crippen LogP contribution in [0, 0.1) is 0 Å². The van der Waals surface area contributed by atoms with Crippen LogP contribution in [0.2, 0.25) is 0 Å². The molecule has 0 unspecified atom stereocenters. The van der Waals surface area contributed by atoms with Crippen molar-refractivity contribution >= 4 is 21.7 Å². The summed E-state index contributed by atoms with van der Waals surface area (Å²) in [6.45, 7) is 8.24. The topological polar surface area (TPSA) is 80.3 Å². The number of sulfone groups is 1. The van der Waals surface area contributed by atoms with Gasteiger partial charge in [-0.05, 0) is 44.9 Å². The van der Waals surface area contributed by atoms with E-state index in [0.717, 1.165) is 5.56 Å². The predicted molar refractivity (Wildman–Crippen MR) is 85.0 cm³/mol. The van der Waals surface area contributed by atoms with E-state index in [4.69, 9.17) is 0 Å². The van der Waals surface area contributed by atoms with Crippen molar-refractivity contribution in [1.29, 1.82) is 0 Å². The van der Waals surface area contributed by atoms with Gasteiger partial charge in [0.15, 0.2) is 9.84 Å². The zero-order valence-corrected chi connectivity index (χ0v) is 13.9. The van der Waals surface area contributed by atoms with E-state index in [1.807, 2.05) is 0 Å². The molecule has 1 aromatic carbocycles. The zero-order chi connectivity index (χ0) is 16.9. The fourth-order valence-corrected chi connectivity index (χ4v) is 2.73. The fourth-order valence-electron chi connectivity index (χ4n) is 1.67. The van der Waals surface area contributed by atoms with Crippen LogP contribution in [-0.2, 0) is 25.8 Å². The normalized spacial score (nSPS) is 11.3. The summed E-state index contributed by atoms with van der Waals surface area (Å²) in [5.74, 6) is -0.866. The summed E-state index contributed by atoms with van der Waals surface area (Å²) in [5, 5.41) is 1.75. The van der Waals surface area contributed by atoms with Crippen molar-refractivity contribution in [3.63, 3.8) is 0 Å². The van der Waals surface area contributed by atoms with Gasteiger partial charge in [0, 0.05) is 12.0 Å². The number of imide groups is 1. The number of carbonyl (C=O) groups is 2. The Bertz CT molecular complexity index is 673. The standard InChI is InChI=1S/C16H21NO4S/c1-11(2)16(19)17-15(18)10-7-13-5-8-14(9-6-13)22(20,21)12(3)4/h5-6,8-9,12H,1,7,10H2,2-4H3,(H,17,18,19). The second-order valence-corrected chi connectivity index (χ2v) is 7.90. The smallest absolute Gasteiger partial charge is 0.252 e. The highest BCUT2D eigenvalue weighted by atomic mass is 32.2. The average Bonchev–Trinajstić information content (AvgIpc) is 2.45. The number of amides is 2. The van der Waals surface area contributed by atoms with Crippen LogP contribution in [0.25, 0.3) is 0 Å². The van der Waals surface area contributed by atoms with Crippen molar-refractivity contribution in [2.45, 2.75) is 43.8 Å². The SMILES string of the molecule is C=C(C)C(=O)NC(=O)CCc1ccc(S(=O)(=O)C(C)C)cc1. The molecule has 0 aliphatic rings. The maximum absolute atomic E-state index is 12.0. The van der Waals surface area contributed by atoms with Gasteiger partial charge in [-0.2, -0.15) is 0 Å². The lowest BCUT2D eigenvalue weighted by molar-refractivity contribution is -0.128. The van der Waals surface area contributed by atoms with Gasteiger partial charge in [0.05, 0.1) is 10.1 Å². The van der Waals surface area contributed by atoms with Gasteiger partial charge in [0.1, 0.15) is 0 Å². The lowest BCUT2D eigenvalue weighted by atomic mass is 10.1. The highest BCUT2D eigenvalue weighted by molar-refractivity contribution is 7.92. The van der Waals surface area contributed by atoms with Crippen LogP contribution in [0.3, 0.4) is 0 Å².